The zero-order chi connectivity index (χ0) is 3.41. The molecule has 6 heavy (non-hydrogen) atoms. The molecular weight excluding hydrogens is 61.9 g/mol. The van der Waals surface area contributed by atoms with E-state index in [9.17, 15) is 0 Å². The molecule has 0 aromatic rings. The van der Waals surface area contributed by atoms with Crippen molar-refractivity contribution in [2.75, 3.05) is 0 Å². The summed E-state index contributed by atoms with van der Waals surface area (Å²) in [6, 6.07) is 0. The van der Waals surface area contributed by atoms with Gasteiger partial charge in [-0.3, -0.25) is 0 Å². The Labute approximate surface area is 63.7 Å². The predicted molar refractivity (Wildman–Crippen MR) is 19.9 cm³/mol. The second-order valence-corrected chi connectivity index (χ2v) is 0.471. The molecule has 0 amide bonds. The second kappa shape index (κ2) is 17.3. The van der Waals surface area contributed by atoms with Gasteiger partial charge in [0, 0.05) is 0 Å². The Hall–Kier alpha value is 0.675. The van der Waals surface area contributed by atoms with Crippen molar-refractivity contribution >= 4 is 0 Å². The molecule has 0 heterocycles. The van der Waals surface area contributed by atoms with E-state index in [-0.39, 0.29) is 37.7 Å². The molecule has 0 nitrogen and oxygen atoms in total. The minimum Gasteiger partial charge on any atom is -0.382 e. The molecule has 0 N–H and O–H groups in total. The first-order chi connectivity index (χ1) is 1.91. The Morgan fingerprint density at radius 2 is 1.00 bits per heavy atom. The normalized spacial score (nSPS) is 6.00. The Kier molecular flexibility index (Phi) is 46.0. The average Bonchev–Trinajstić information content (AvgIpc) is 1.37. The van der Waals surface area contributed by atoms with Crippen LogP contribution in [0.15, 0.2) is 12.2 Å². The van der Waals surface area contributed by atoms with Gasteiger partial charge in [-0.1, -0.05) is 0 Å². The summed E-state index contributed by atoms with van der Waals surface area (Å²) in [6.07, 6.45) is 3.28. The number of hydrogen-bond acceptors (Lipinski definition) is 0. The van der Waals surface area contributed by atoms with Crippen molar-refractivity contribution in [2.24, 2.45) is 0 Å². The summed E-state index contributed by atoms with van der Waals surface area (Å²) in [6.45, 7) is 6.72. The zero-order valence-corrected chi connectivity index (χ0v) is 4.57. The summed E-state index contributed by atoms with van der Waals surface area (Å²) in [5, 5.41) is 0. The quantitative estimate of drug-likeness (QED) is 0.197. The number of hydrogen-bond donors (Lipinski definition) is 0. The van der Waals surface area contributed by atoms with Crippen LogP contribution in [0.2, 0.25) is 0 Å². The fourth-order valence-electron chi connectivity index (χ4n) is 0. The van der Waals surface area contributed by atoms with Gasteiger partial charge in [0.05, 0.1) is 0 Å². The fourth-order valence-corrected chi connectivity index (χ4v) is 0. The summed E-state index contributed by atoms with van der Waals surface area (Å²) in [7, 11) is 0. The third-order valence-electron chi connectivity index (χ3n) is 0.167. The molecule has 0 radical (unpaired) electrons. The summed E-state index contributed by atoms with van der Waals surface area (Å²) in [5.41, 5.74) is 0. The monoisotopic (exact) mass is 68.1 g/mol. The Bertz CT molecular complexity index is 20.7. The Balaban J connectivity index is -0.0000000450. The van der Waals surface area contributed by atoms with Gasteiger partial charge < -0.3 is 26.0 Å². The predicted octanol–water partition coefficient (Wildman–Crippen LogP) is -4.78. The molecular formula is C4H6Li2. The molecule has 0 aliphatic carbocycles. The Morgan fingerprint density at radius 3 is 1.00 bits per heavy atom. The van der Waals surface area contributed by atoms with Crippen LogP contribution in [-0.2, 0) is 0 Å². The zero-order valence-electron chi connectivity index (χ0n) is 4.57. The first-order valence-corrected chi connectivity index (χ1v) is 1.15. The van der Waals surface area contributed by atoms with E-state index in [1.165, 1.54) is 0 Å². The molecule has 0 saturated carbocycles. The summed E-state index contributed by atoms with van der Waals surface area (Å²) in [5.74, 6) is 0. The molecule has 0 aliphatic heterocycles. The Morgan fingerprint density at radius 1 is 0.833 bits per heavy atom. The van der Waals surface area contributed by atoms with E-state index in [0.29, 0.717) is 0 Å². The van der Waals surface area contributed by atoms with Crippen LogP contribution in [0.5, 0.6) is 0 Å². The van der Waals surface area contributed by atoms with Crippen LogP contribution < -0.4 is 37.7 Å². The molecule has 0 atom stereocenters. The molecule has 0 rings (SSSR count). The van der Waals surface area contributed by atoms with E-state index >= 15 is 0 Å². The molecule has 0 aromatic heterocycles. The molecule has 24 valence electrons. The van der Waals surface area contributed by atoms with Gasteiger partial charge in [0.1, 0.15) is 0 Å². The maximum absolute atomic E-state index is 3.36. The topological polar surface area (TPSA) is 0 Å². The molecule has 0 saturated heterocycles. The maximum atomic E-state index is 3.36. The summed E-state index contributed by atoms with van der Waals surface area (Å²) < 4.78 is 0. The maximum Gasteiger partial charge on any atom is 1.00 e. The molecule has 0 bridgehead atoms. The van der Waals surface area contributed by atoms with E-state index in [4.69, 9.17) is 0 Å². The van der Waals surface area contributed by atoms with Crippen LogP contribution in [-0.4, -0.2) is 0 Å². The van der Waals surface area contributed by atoms with Crippen LogP contribution in [0.4, 0.5) is 0 Å². The van der Waals surface area contributed by atoms with E-state index in [2.05, 4.69) is 13.8 Å². The minimum atomic E-state index is 0. The van der Waals surface area contributed by atoms with Gasteiger partial charge in [-0.15, -0.1) is 0 Å². The SMILES string of the molecule is [CH2-]/C=C/[CH2-].[Li+].[Li+]. The average molecular weight is 68.0 g/mol. The van der Waals surface area contributed by atoms with Gasteiger partial charge in [-0.2, -0.15) is 0 Å². The molecule has 0 spiro atoms. The van der Waals surface area contributed by atoms with E-state index in [0.717, 1.165) is 0 Å². The summed E-state index contributed by atoms with van der Waals surface area (Å²) in [4.78, 5) is 0. The van der Waals surface area contributed by atoms with E-state index < -0.39 is 0 Å². The van der Waals surface area contributed by atoms with Gasteiger partial charge in [0.25, 0.3) is 0 Å². The number of rotatable bonds is 0. The number of allylic oxidation sites excluding steroid dienone is 2. The molecule has 0 unspecified atom stereocenters. The molecule has 2 heteroatoms. The van der Waals surface area contributed by atoms with E-state index in [1.807, 2.05) is 0 Å². The van der Waals surface area contributed by atoms with Crippen LogP contribution in [0.25, 0.3) is 0 Å². The van der Waals surface area contributed by atoms with Gasteiger partial charge in [-0.05, 0) is 0 Å². The molecule has 0 fully saturated rings. The van der Waals surface area contributed by atoms with Gasteiger partial charge in [0.15, 0.2) is 0 Å². The van der Waals surface area contributed by atoms with Crippen molar-refractivity contribution in [2.45, 2.75) is 0 Å². The van der Waals surface area contributed by atoms with Crippen molar-refractivity contribution in [3.63, 3.8) is 0 Å². The first-order valence-electron chi connectivity index (χ1n) is 1.15. The fraction of sp³-hybridized carbons (Fsp3) is 0. The van der Waals surface area contributed by atoms with Crippen molar-refractivity contribution in [3.8, 4) is 0 Å². The summed E-state index contributed by atoms with van der Waals surface area (Å²) >= 11 is 0. The van der Waals surface area contributed by atoms with Crippen molar-refractivity contribution in [1.82, 2.24) is 0 Å². The van der Waals surface area contributed by atoms with Gasteiger partial charge in [0.2, 0.25) is 0 Å². The van der Waals surface area contributed by atoms with Crippen molar-refractivity contribution in [1.29, 1.82) is 0 Å². The largest absolute Gasteiger partial charge is 1.00 e. The van der Waals surface area contributed by atoms with Gasteiger partial charge in [-0.25, -0.2) is 0 Å². The standard InChI is InChI=1S/C4H6.2Li/c1-3-4-2;;/h3-4H,1-2H2;;/q-2;2*+1/b4-3+;;. The van der Waals surface area contributed by atoms with Crippen LogP contribution in [0.1, 0.15) is 0 Å². The van der Waals surface area contributed by atoms with Crippen molar-refractivity contribution < 1.29 is 37.7 Å². The van der Waals surface area contributed by atoms with Gasteiger partial charge >= 0.3 is 37.7 Å². The minimum absolute atomic E-state index is 0. The van der Waals surface area contributed by atoms with Crippen LogP contribution in [0, 0.1) is 13.8 Å². The van der Waals surface area contributed by atoms with Crippen LogP contribution >= 0.6 is 0 Å². The third-order valence-corrected chi connectivity index (χ3v) is 0.167. The molecule has 0 aromatic carbocycles. The molecule has 0 aliphatic rings. The van der Waals surface area contributed by atoms with Crippen LogP contribution in [0.3, 0.4) is 0 Å². The second-order valence-electron chi connectivity index (χ2n) is 0.471. The third kappa shape index (κ3) is 22.5. The van der Waals surface area contributed by atoms with E-state index in [1.54, 1.807) is 12.2 Å². The van der Waals surface area contributed by atoms with Crippen molar-refractivity contribution in [3.05, 3.63) is 26.0 Å². The first kappa shape index (κ1) is 15.9. The smallest absolute Gasteiger partial charge is 0.382 e.